The van der Waals surface area contributed by atoms with Gasteiger partial charge in [0.15, 0.2) is 11.6 Å². The Morgan fingerprint density at radius 2 is 2.00 bits per heavy atom. The molecule has 1 heterocycles. The summed E-state index contributed by atoms with van der Waals surface area (Å²) < 4.78 is 0. The third-order valence-corrected chi connectivity index (χ3v) is 3.35. The summed E-state index contributed by atoms with van der Waals surface area (Å²) in [6, 6.07) is 0.449. The summed E-state index contributed by atoms with van der Waals surface area (Å²) in [6.07, 6.45) is 6.47. The van der Waals surface area contributed by atoms with Gasteiger partial charge in [-0.25, -0.2) is 9.97 Å². The molecule has 0 spiro atoms. The molecule has 1 aliphatic carbocycles. The number of anilines is 3. The van der Waals surface area contributed by atoms with Crippen molar-refractivity contribution < 1.29 is 0 Å². The number of nitrogen functional groups attached to an aromatic ring is 2. The zero-order valence-corrected chi connectivity index (χ0v) is 9.61. The number of rotatable bonds is 2. The molecule has 0 bridgehead atoms. The fraction of sp³-hybridized carbons (Fsp3) is 0.636. The van der Waals surface area contributed by atoms with Crippen LogP contribution in [0.15, 0.2) is 6.33 Å². The van der Waals surface area contributed by atoms with E-state index in [0.717, 1.165) is 0 Å². The molecule has 1 saturated carbocycles. The number of nitrogens with zero attached hydrogens (tertiary/aromatic N) is 2. The lowest BCUT2D eigenvalue weighted by Gasteiger charge is -2.30. The zero-order valence-electron chi connectivity index (χ0n) is 9.61. The Morgan fingerprint density at radius 3 is 2.75 bits per heavy atom. The quantitative estimate of drug-likeness (QED) is 0.706. The average Bonchev–Trinajstić information content (AvgIpc) is 2.28. The lowest BCUT2D eigenvalue weighted by molar-refractivity contribution is 0.349. The summed E-state index contributed by atoms with van der Waals surface area (Å²) >= 11 is 0. The van der Waals surface area contributed by atoms with Crippen molar-refractivity contribution in [2.45, 2.75) is 38.6 Å². The largest absolute Gasteiger partial charge is 0.393 e. The van der Waals surface area contributed by atoms with E-state index < -0.39 is 0 Å². The van der Waals surface area contributed by atoms with Gasteiger partial charge >= 0.3 is 0 Å². The van der Waals surface area contributed by atoms with Crippen molar-refractivity contribution in [3.05, 3.63) is 6.33 Å². The summed E-state index contributed by atoms with van der Waals surface area (Å²) in [5, 5.41) is 3.38. The Morgan fingerprint density at radius 1 is 1.25 bits per heavy atom. The predicted octanol–water partition coefficient (Wildman–Crippen LogP) is 1.63. The highest BCUT2D eigenvalue weighted by atomic mass is 15.1. The first-order valence-corrected chi connectivity index (χ1v) is 5.81. The van der Waals surface area contributed by atoms with Crippen molar-refractivity contribution in [2.24, 2.45) is 5.92 Å². The molecule has 2 unspecified atom stereocenters. The van der Waals surface area contributed by atoms with Gasteiger partial charge in [-0.05, 0) is 18.8 Å². The first-order valence-electron chi connectivity index (χ1n) is 5.81. The van der Waals surface area contributed by atoms with Crippen LogP contribution in [-0.2, 0) is 0 Å². The second-order valence-corrected chi connectivity index (χ2v) is 4.53. The van der Waals surface area contributed by atoms with Gasteiger partial charge in [0.05, 0.1) is 0 Å². The first kappa shape index (κ1) is 11.0. The fourth-order valence-corrected chi connectivity index (χ4v) is 2.23. The number of nitrogens with two attached hydrogens (primary N) is 2. The highest BCUT2D eigenvalue weighted by Gasteiger charge is 2.22. The van der Waals surface area contributed by atoms with Gasteiger partial charge < -0.3 is 16.8 Å². The van der Waals surface area contributed by atoms with Crippen LogP contribution in [0.5, 0.6) is 0 Å². The second-order valence-electron chi connectivity index (χ2n) is 4.53. The number of hydrogen-bond acceptors (Lipinski definition) is 5. The van der Waals surface area contributed by atoms with Gasteiger partial charge in [-0.3, -0.25) is 0 Å². The molecule has 0 radical (unpaired) electrons. The van der Waals surface area contributed by atoms with Crippen LogP contribution >= 0.6 is 0 Å². The SMILES string of the molecule is CC1CCCCC1Nc1ncnc(N)c1N. The van der Waals surface area contributed by atoms with E-state index in [9.17, 15) is 0 Å². The molecule has 5 N–H and O–H groups in total. The van der Waals surface area contributed by atoms with E-state index >= 15 is 0 Å². The van der Waals surface area contributed by atoms with E-state index in [1.54, 1.807) is 0 Å². The molecule has 16 heavy (non-hydrogen) atoms. The molecule has 0 aromatic carbocycles. The van der Waals surface area contributed by atoms with Gasteiger partial charge in [0, 0.05) is 6.04 Å². The molecular formula is C11H19N5. The van der Waals surface area contributed by atoms with E-state index in [0.29, 0.717) is 29.3 Å². The monoisotopic (exact) mass is 221 g/mol. The lowest BCUT2D eigenvalue weighted by atomic mass is 9.86. The van der Waals surface area contributed by atoms with E-state index in [2.05, 4.69) is 22.2 Å². The lowest BCUT2D eigenvalue weighted by Crippen LogP contribution is -2.31. The van der Waals surface area contributed by atoms with Gasteiger partial charge in [-0.1, -0.05) is 19.8 Å². The molecule has 1 aromatic heterocycles. The zero-order chi connectivity index (χ0) is 11.5. The molecule has 88 valence electrons. The van der Waals surface area contributed by atoms with Crippen molar-refractivity contribution in [1.82, 2.24) is 9.97 Å². The maximum absolute atomic E-state index is 5.83. The van der Waals surface area contributed by atoms with E-state index in [1.165, 1.54) is 32.0 Å². The van der Waals surface area contributed by atoms with Crippen LogP contribution in [0, 0.1) is 5.92 Å². The molecular weight excluding hydrogens is 202 g/mol. The Kier molecular flexibility index (Phi) is 3.12. The molecule has 0 aliphatic heterocycles. The smallest absolute Gasteiger partial charge is 0.155 e. The van der Waals surface area contributed by atoms with Crippen LogP contribution in [-0.4, -0.2) is 16.0 Å². The Labute approximate surface area is 95.6 Å². The minimum atomic E-state index is 0.348. The van der Waals surface area contributed by atoms with Gasteiger partial charge in [-0.15, -0.1) is 0 Å². The summed E-state index contributed by atoms with van der Waals surface area (Å²) in [7, 11) is 0. The summed E-state index contributed by atoms with van der Waals surface area (Å²) in [4.78, 5) is 7.99. The number of hydrogen-bond donors (Lipinski definition) is 3. The van der Waals surface area contributed by atoms with E-state index in [4.69, 9.17) is 11.5 Å². The molecule has 1 fully saturated rings. The van der Waals surface area contributed by atoms with Gasteiger partial charge in [0.25, 0.3) is 0 Å². The van der Waals surface area contributed by atoms with Gasteiger partial charge in [-0.2, -0.15) is 0 Å². The van der Waals surface area contributed by atoms with Crippen LogP contribution in [0.2, 0.25) is 0 Å². The minimum absolute atomic E-state index is 0.348. The highest BCUT2D eigenvalue weighted by molar-refractivity contribution is 5.72. The molecule has 0 amide bonds. The molecule has 0 saturated heterocycles. The third-order valence-electron chi connectivity index (χ3n) is 3.35. The normalized spacial score (nSPS) is 25.3. The molecule has 5 nitrogen and oxygen atoms in total. The Hall–Kier alpha value is -1.52. The van der Waals surface area contributed by atoms with Gasteiger partial charge in [0.2, 0.25) is 0 Å². The van der Waals surface area contributed by atoms with Crippen LogP contribution in [0.25, 0.3) is 0 Å². The third kappa shape index (κ3) is 2.18. The molecule has 2 rings (SSSR count). The van der Waals surface area contributed by atoms with Crippen molar-refractivity contribution >= 4 is 17.3 Å². The van der Waals surface area contributed by atoms with Crippen molar-refractivity contribution in [3.63, 3.8) is 0 Å². The van der Waals surface area contributed by atoms with E-state index in [-0.39, 0.29) is 0 Å². The van der Waals surface area contributed by atoms with Gasteiger partial charge in [0.1, 0.15) is 12.0 Å². The van der Waals surface area contributed by atoms with Crippen LogP contribution in [0.3, 0.4) is 0 Å². The predicted molar refractivity (Wildman–Crippen MR) is 65.9 cm³/mol. The topological polar surface area (TPSA) is 89.8 Å². The number of aromatic nitrogens is 2. The van der Waals surface area contributed by atoms with E-state index in [1.807, 2.05) is 0 Å². The summed E-state index contributed by atoms with van der Waals surface area (Å²) in [6.45, 7) is 2.26. The number of nitrogens with one attached hydrogen (secondary N) is 1. The second kappa shape index (κ2) is 4.55. The fourth-order valence-electron chi connectivity index (χ4n) is 2.23. The average molecular weight is 221 g/mol. The summed E-state index contributed by atoms with van der Waals surface area (Å²) in [5.41, 5.74) is 11.9. The van der Waals surface area contributed by atoms with Crippen molar-refractivity contribution in [2.75, 3.05) is 16.8 Å². The van der Waals surface area contributed by atoms with Crippen LogP contribution < -0.4 is 16.8 Å². The highest BCUT2D eigenvalue weighted by Crippen LogP contribution is 2.28. The van der Waals surface area contributed by atoms with Crippen molar-refractivity contribution in [3.8, 4) is 0 Å². The van der Waals surface area contributed by atoms with Crippen LogP contribution in [0.1, 0.15) is 32.6 Å². The van der Waals surface area contributed by atoms with Crippen molar-refractivity contribution in [1.29, 1.82) is 0 Å². The molecule has 1 aromatic rings. The van der Waals surface area contributed by atoms with Crippen LogP contribution in [0.4, 0.5) is 17.3 Å². The molecule has 5 heteroatoms. The molecule has 1 aliphatic rings. The first-order chi connectivity index (χ1) is 7.68. The Bertz CT molecular complexity index is 365. The maximum Gasteiger partial charge on any atom is 0.155 e. The minimum Gasteiger partial charge on any atom is -0.393 e. The Balaban J connectivity index is 2.10. The molecule has 2 atom stereocenters. The maximum atomic E-state index is 5.83. The standard InChI is InChI=1S/C11H19N5/c1-7-4-2-3-5-8(7)16-11-9(12)10(13)14-6-15-11/h6-8H,2-5,12H2,1H3,(H3,13,14,15,16). The summed E-state index contributed by atoms with van der Waals surface area (Å²) in [5.74, 6) is 1.68.